The minimum Gasteiger partial charge on any atom is -0.464 e. The smallest absolute Gasteiger partial charge is 0.341 e. The quantitative estimate of drug-likeness (QED) is 0.399. The largest absolute Gasteiger partial charge is 0.464 e. The summed E-state index contributed by atoms with van der Waals surface area (Å²) in [5.41, 5.74) is 0.908. The minimum absolute atomic E-state index is 0.206. The number of ether oxygens (including phenoxy) is 1. The number of benzene rings is 1. The van der Waals surface area contributed by atoms with Gasteiger partial charge in [0.2, 0.25) is 5.91 Å². The molecule has 0 unspecified atom stereocenters. The van der Waals surface area contributed by atoms with Crippen molar-refractivity contribution in [3.63, 3.8) is 0 Å². The van der Waals surface area contributed by atoms with Crippen LogP contribution < -0.4 is 5.32 Å². The number of hydrogen-bond donors (Lipinski definition) is 1. The number of rotatable bonds is 7. The summed E-state index contributed by atoms with van der Waals surface area (Å²) in [7, 11) is 0. The molecule has 0 spiro atoms. The summed E-state index contributed by atoms with van der Waals surface area (Å²) in [5.74, 6) is 0.0437. The Balaban J connectivity index is 1.74. The molecule has 1 amide bonds. The summed E-state index contributed by atoms with van der Waals surface area (Å²) in [6.45, 7) is 1.98. The normalized spacial score (nSPS) is 10.6. The summed E-state index contributed by atoms with van der Waals surface area (Å²) < 4.78 is 10.5. The van der Waals surface area contributed by atoms with E-state index in [0.29, 0.717) is 26.9 Å². The fourth-order valence-corrected chi connectivity index (χ4v) is 4.09. The molecule has 3 rings (SSSR count). The maximum atomic E-state index is 12.4. The van der Waals surface area contributed by atoms with Gasteiger partial charge in [0, 0.05) is 20.9 Å². The molecule has 8 heteroatoms. The molecule has 27 heavy (non-hydrogen) atoms. The van der Waals surface area contributed by atoms with Crippen molar-refractivity contribution in [3.05, 3.63) is 58.6 Å². The number of thioether (sulfide) groups is 1. The monoisotopic (exact) mass is 421 g/mol. The Morgan fingerprint density at radius 1 is 1.26 bits per heavy atom. The van der Waals surface area contributed by atoms with Crippen LogP contribution in [0.2, 0.25) is 5.02 Å². The standard InChI is InChI=1S/C19H16ClNO4S2/c1-2-24-19(23)17-14(15-4-3-9-25-15)10-27-18(17)21-16(22)11-26-13-7-5-12(20)6-8-13/h3-10H,2,11H2,1H3,(H,21,22). The predicted octanol–water partition coefficient (Wildman–Crippen LogP) is 5.57. The van der Waals surface area contributed by atoms with Gasteiger partial charge < -0.3 is 14.5 Å². The number of carbonyl (C=O) groups is 2. The van der Waals surface area contributed by atoms with Gasteiger partial charge in [-0.3, -0.25) is 4.79 Å². The van der Waals surface area contributed by atoms with Gasteiger partial charge in [0.1, 0.15) is 16.3 Å². The molecule has 0 aliphatic rings. The second kappa shape index (κ2) is 9.12. The number of halogens is 1. The first-order valence-electron chi connectivity index (χ1n) is 8.09. The van der Waals surface area contributed by atoms with Gasteiger partial charge in [-0.2, -0.15) is 0 Å². The van der Waals surface area contributed by atoms with Crippen LogP contribution in [0.25, 0.3) is 11.3 Å². The van der Waals surface area contributed by atoms with Crippen LogP contribution in [0.5, 0.6) is 0 Å². The Kier molecular flexibility index (Phi) is 6.60. The van der Waals surface area contributed by atoms with Gasteiger partial charge in [0.05, 0.1) is 18.6 Å². The molecule has 1 N–H and O–H groups in total. The van der Waals surface area contributed by atoms with Crippen LogP contribution in [-0.2, 0) is 9.53 Å². The zero-order valence-electron chi connectivity index (χ0n) is 14.4. The van der Waals surface area contributed by atoms with Crippen molar-refractivity contribution in [3.8, 4) is 11.3 Å². The molecule has 2 aromatic heterocycles. The van der Waals surface area contributed by atoms with E-state index in [9.17, 15) is 9.59 Å². The average molecular weight is 422 g/mol. The Labute approximate surface area is 169 Å². The number of carbonyl (C=O) groups excluding carboxylic acids is 2. The van der Waals surface area contributed by atoms with E-state index in [-0.39, 0.29) is 18.3 Å². The summed E-state index contributed by atoms with van der Waals surface area (Å²) in [6, 6.07) is 10.7. The summed E-state index contributed by atoms with van der Waals surface area (Å²) in [4.78, 5) is 25.7. The Hall–Kier alpha value is -2.22. The highest BCUT2D eigenvalue weighted by molar-refractivity contribution is 8.00. The van der Waals surface area contributed by atoms with Crippen molar-refractivity contribution in [1.29, 1.82) is 0 Å². The van der Waals surface area contributed by atoms with Gasteiger partial charge in [-0.15, -0.1) is 23.1 Å². The first kappa shape index (κ1) is 19.5. The van der Waals surface area contributed by atoms with E-state index in [1.165, 1.54) is 29.4 Å². The van der Waals surface area contributed by atoms with Crippen LogP contribution in [0.3, 0.4) is 0 Å². The summed E-state index contributed by atoms with van der Waals surface area (Å²) in [6.07, 6.45) is 1.53. The van der Waals surface area contributed by atoms with Crippen LogP contribution in [0.4, 0.5) is 5.00 Å². The highest BCUT2D eigenvalue weighted by atomic mass is 35.5. The molecule has 0 aliphatic carbocycles. The molecular formula is C19H16ClNO4S2. The van der Waals surface area contributed by atoms with E-state index in [4.69, 9.17) is 20.8 Å². The number of hydrogen-bond acceptors (Lipinski definition) is 6. The lowest BCUT2D eigenvalue weighted by Gasteiger charge is -2.08. The first-order chi connectivity index (χ1) is 13.1. The van der Waals surface area contributed by atoms with Gasteiger partial charge >= 0.3 is 5.97 Å². The highest BCUT2D eigenvalue weighted by Crippen LogP contribution is 2.36. The molecule has 140 valence electrons. The third kappa shape index (κ3) is 4.94. The van der Waals surface area contributed by atoms with Crippen molar-refractivity contribution in [2.75, 3.05) is 17.7 Å². The molecule has 1 aromatic carbocycles. The molecule has 0 saturated heterocycles. The van der Waals surface area contributed by atoms with Crippen molar-refractivity contribution >= 4 is 51.6 Å². The van der Waals surface area contributed by atoms with Crippen LogP contribution in [0.15, 0.2) is 57.4 Å². The zero-order chi connectivity index (χ0) is 19.2. The number of nitrogens with one attached hydrogen (secondary N) is 1. The SMILES string of the molecule is CCOC(=O)c1c(-c2ccco2)csc1NC(=O)CSc1ccc(Cl)cc1. The van der Waals surface area contributed by atoms with Crippen LogP contribution in [0.1, 0.15) is 17.3 Å². The number of esters is 1. The van der Waals surface area contributed by atoms with E-state index in [0.717, 1.165) is 4.90 Å². The Morgan fingerprint density at radius 3 is 2.70 bits per heavy atom. The second-order valence-corrected chi connectivity index (χ2v) is 7.71. The second-order valence-electron chi connectivity index (χ2n) is 5.34. The fraction of sp³-hybridized carbons (Fsp3) is 0.158. The minimum atomic E-state index is -0.495. The molecule has 0 aliphatic heterocycles. The van der Waals surface area contributed by atoms with Gasteiger partial charge in [0.25, 0.3) is 0 Å². The molecule has 0 radical (unpaired) electrons. The van der Waals surface area contributed by atoms with Gasteiger partial charge in [-0.1, -0.05) is 11.6 Å². The van der Waals surface area contributed by atoms with Crippen LogP contribution >= 0.6 is 34.7 Å². The van der Waals surface area contributed by atoms with E-state index < -0.39 is 5.97 Å². The van der Waals surface area contributed by atoms with Crippen LogP contribution in [0, 0.1) is 0 Å². The first-order valence-corrected chi connectivity index (χ1v) is 10.3. The lowest BCUT2D eigenvalue weighted by atomic mass is 10.1. The number of amides is 1. The zero-order valence-corrected chi connectivity index (χ0v) is 16.7. The molecule has 3 aromatic rings. The third-order valence-corrected chi connectivity index (χ3v) is 5.65. The van der Waals surface area contributed by atoms with Crippen molar-refractivity contribution in [1.82, 2.24) is 0 Å². The summed E-state index contributed by atoms with van der Waals surface area (Å²) >= 11 is 8.51. The molecule has 0 bridgehead atoms. The Morgan fingerprint density at radius 2 is 2.04 bits per heavy atom. The Bertz CT molecular complexity index is 920. The van der Waals surface area contributed by atoms with E-state index in [1.54, 1.807) is 36.6 Å². The topological polar surface area (TPSA) is 68.5 Å². The number of anilines is 1. The van der Waals surface area contributed by atoms with Gasteiger partial charge in [0.15, 0.2) is 0 Å². The third-order valence-electron chi connectivity index (χ3n) is 3.49. The molecule has 0 fully saturated rings. The van der Waals surface area contributed by atoms with Crippen LogP contribution in [-0.4, -0.2) is 24.2 Å². The van der Waals surface area contributed by atoms with Crippen molar-refractivity contribution < 1.29 is 18.7 Å². The highest BCUT2D eigenvalue weighted by Gasteiger charge is 2.24. The molecular weight excluding hydrogens is 406 g/mol. The van der Waals surface area contributed by atoms with Gasteiger partial charge in [-0.25, -0.2) is 4.79 Å². The molecule has 0 saturated carbocycles. The lowest BCUT2D eigenvalue weighted by molar-refractivity contribution is -0.113. The predicted molar refractivity (Wildman–Crippen MR) is 109 cm³/mol. The maximum Gasteiger partial charge on any atom is 0.341 e. The lowest BCUT2D eigenvalue weighted by Crippen LogP contribution is -2.16. The number of thiophene rings is 1. The average Bonchev–Trinajstić information content (AvgIpc) is 3.31. The maximum absolute atomic E-state index is 12.4. The molecule has 2 heterocycles. The number of furan rings is 1. The fourth-order valence-electron chi connectivity index (χ4n) is 2.31. The van der Waals surface area contributed by atoms with E-state index in [1.807, 2.05) is 12.1 Å². The van der Waals surface area contributed by atoms with Gasteiger partial charge in [-0.05, 0) is 43.3 Å². The van der Waals surface area contributed by atoms with E-state index >= 15 is 0 Å². The summed E-state index contributed by atoms with van der Waals surface area (Å²) in [5, 5.41) is 5.67. The van der Waals surface area contributed by atoms with Crippen molar-refractivity contribution in [2.45, 2.75) is 11.8 Å². The van der Waals surface area contributed by atoms with E-state index in [2.05, 4.69) is 5.32 Å². The molecule has 5 nitrogen and oxygen atoms in total. The molecule has 0 atom stereocenters. The van der Waals surface area contributed by atoms with Crippen molar-refractivity contribution in [2.24, 2.45) is 0 Å².